The summed E-state index contributed by atoms with van der Waals surface area (Å²) in [6.07, 6.45) is 4.18. The van der Waals surface area contributed by atoms with Gasteiger partial charge in [0.2, 0.25) is 17.5 Å². The molecule has 328 valence electrons. The maximum atomic E-state index is 12.5. The quantitative estimate of drug-likeness (QED) is 0.379. The van der Waals surface area contributed by atoms with Gasteiger partial charge in [0, 0.05) is 18.6 Å². The molecule has 0 saturated carbocycles. The Kier molecular flexibility index (Phi) is 11.8. The number of nitriles is 1. The molecule has 9 aliphatic heterocycles. The average Bonchev–Trinajstić information content (AvgIpc) is 3.94. The summed E-state index contributed by atoms with van der Waals surface area (Å²) in [7, 11) is 0. The van der Waals surface area contributed by atoms with E-state index < -0.39 is 34.7 Å². The van der Waals surface area contributed by atoms with Crippen molar-refractivity contribution in [2.75, 3.05) is 65.6 Å². The number of nitrogens with zero attached hydrogens (tertiary/aromatic N) is 4. The van der Waals surface area contributed by atoms with Gasteiger partial charge in [-0.1, -0.05) is 0 Å². The molecule has 9 rings (SSSR count). The second-order valence-corrected chi connectivity index (χ2v) is 19.5. The molecule has 3 N–H and O–H groups in total. The van der Waals surface area contributed by atoms with Gasteiger partial charge in [-0.2, -0.15) is 5.26 Å². The molecule has 17 nitrogen and oxygen atoms in total. The van der Waals surface area contributed by atoms with Gasteiger partial charge in [-0.25, -0.2) is 0 Å². The molecule has 9 atom stereocenters. The number of nitrogens with two attached hydrogens (primary N) is 1. The number of amides is 1. The van der Waals surface area contributed by atoms with Gasteiger partial charge in [-0.05, 0) is 120 Å². The van der Waals surface area contributed by atoms with Gasteiger partial charge in [0.15, 0.2) is 23.1 Å². The average molecular weight is 821 g/mol. The molecular formula is C41H68N6O11. The Hall–Kier alpha value is -1.60. The highest BCUT2D eigenvalue weighted by molar-refractivity contribution is 5.79. The molecule has 9 fully saturated rings. The minimum Gasteiger partial charge on any atom is -0.343 e. The zero-order valence-corrected chi connectivity index (χ0v) is 35.9. The molecule has 17 heteroatoms. The molecule has 9 aliphatic rings. The lowest BCUT2D eigenvalue weighted by Gasteiger charge is -2.44. The lowest BCUT2D eigenvalue weighted by atomic mass is 9.95. The van der Waals surface area contributed by atoms with Crippen molar-refractivity contribution in [3.05, 3.63) is 0 Å². The monoisotopic (exact) mass is 820 g/mol. The molecular weight excluding hydrogens is 752 g/mol. The molecule has 0 spiro atoms. The number of rotatable bonds is 7. The van der Waals surface area contributed by atoms with E-state index in [-0.39, 0.29) is 54.6 Å². The summed E-state index contributed by atoms with van der Waals surface area (Å²) in [5.74, 6) is -4.45. The van der Waals surface area contributed by atoms with Gasteiger partial charge in [-0.15, -0.1) is 0 Å². The fourth-order valence-electron chi connectivity index (χ4n) is 10.5. The summed E-state index contributed by atoms with van der Waals surface area (Å²) < 4.78 is 62.1. The fraction of sp³-hybridized carbons (Fsp3) is 0.951. The van der Waals surface area contributed by atoms with E-state index in [0.29, 0.717) is 45.4 Å². The van der Waals surface area contributed by atoms with E-state index in [1.165, 1.54) is 0 Å². The number of piperidine rings is 2. The van der Waals surface area contributed by atoms with Crippen LogP contribution in [-0.4, -0.2) is 176 Å². The van der Waals surface area contributed by atoms with Crippen LogP contribution in [0.4, 0.5) is 0 Å². The molecule has 0 unspecified atom stereocenters. The Morgan fingerprint density at radius 2 is 1.16 bits per heavy atom. The van der Waals surface area contributed by atoms with Crippen LogP contribution in [0.15, 0.2) is 0 Å². The fourth-order valence-corrected chi connectivity index (χ4v) is 10.5. The smallest absolute Gasteiger partial charge is 0.237 e. The summed E-state index contributed by atoms with van der Waals surface area (Å²) in [6, 6.07) is 2.55. The lowest BCUT2D eigenvalue weighted by Crippen LogP contribution is -2.63. The minimum absolute atomic E-state index is 0.0267. The third-order valence-electron chi connectivity index (χ3n) is 12.9. The number of hydrogen-bond acceptors (Lipinski definition) is 16. The standard InChI is InChI=1S/C24H38N4O6.C17H30N2O5/c1-22(2)31-18-14-30-24(21(20(18)32-22)33-23(3,4)34-24)15-27-10-7-16(8-11-27)26-13-19(29)28-9-5-6-17(28)12-25;1-15(2)21-12-9-20-17(10-19-7-5-11(18)6-8-19)14(13(12)22-15)23-16(3,4)24-17/h16-18,20-21,26H,5-11,13-15H2,1-4H3;11-14H,5-10,18H2,1-4H3/t17-,18+,20+,21-,24-;12-,13-,14+,17+/m01/s1. The van der Waals surface area contributed by atoms with Crippen molar-refractivity contribution in [2.24, 2.45) is 5.73 Å². The lowest BCUT2D eigenvalue weighted by molar-refractivity contribution is -0.287. The number of likely N-dealkylation sites (tertiary alicyclic amines) is 3. The third-order valence-corrected chi connectivity index (χ3v) is 12.9. The Labute approximate surface area is 343 Å². The zero-order chi connectivity index (χ0) is 41.3. The minimum atomic E-state index is -0.896. The van der Waals surface area contributed by atoms with Crippen LogP contribution >= 0.6 is 0 Å². The van der Waals surface area contributed by atoms with Gasteiger partial charge in [0.1, 0.15) is 42.7 Å². The number of nitrogens with one attached hydrogen (secondary N) is 1. The molecule has 9 heterocycles. The van der Waals surface area contributed by atoms with Crippen molar-refractivity contribution < 1.29 is 52.2 Å². The van der Waals surface area contributed by atoms with E-state index >= 15 is 0 Å². The SMILES string of the molecule is CC1(C)O[C@@H]2[C@@H](CO[C@@]3(CN4CCC(N)CC4)OC(C)(C)O[C@@H]23)O1.CC1(C)O[C@@H]2[C@@H](CO[C@@]3(CN4CCC(NCC(=O)N5CCC[C@H]5C#N)CC4)OC(C)(C)O[C@@H]23)O1. The maximum absolute atomic E-state index is 12.5. The van der Waals surface area contributed by atoms with E-state index in [1.807, 2.05) is 55.4 Å². The van der Waals surface area contributed by atoms with Crippen LogP contribution < -0.4 is 11.1 Å². The summed E-state index contributed by atoms with van der Waals surface area (Å²) >= 11 is 0. The first-order chi connectivity index (χ1) is 27.3. The van der Waals surface area contributed by atoms with Crippen LogP contribution in [0.5, 0.6) is 0 Å². The Balaban J connectivity index is 0.000000172. The number of fused-ring (bicyclic) bond motifs is 6. The normalized spacial score (nSPS) is 41.9. The summed E-state index contributed by atoms with van der Waals surface area (Å²) in [6.45, 7) is 22.1. The highest BCUT2D eigenvalue weighted by Gasteiger charge is 2.67. The zero-order valence-electron chi connectivity index (χ0n) is 35.9. The van der Waals surface area contributed by atoms with E-state index in [9.17, 15) is 10.1 Å². The number of carbonyl (C=O) groups is 1. The van der Waals surface area contributed by atoms with Crippen LogP contribution in [0.1, 0.15) is 93.9 Å². The predicted molar refractivity (Wildman–Crippen MR) is 207 cm³/mol. The Morgan fingerprint density at radius 1 is 0.672 bits per heavy atom. The van der Waals surface area contributed by atoms with Crippen LogP contribution in [0.25, 0.3) is 0 Å². The first-order valence-corrected chi connectivity index (χ1v) is 21.7. The molecule has 9 saturated heterocycles. The summed E-state index contributed by atoms with van der Waals surface area (Å²) in [5.41, 5.74) is 6.03. The van der Waals surface area contributed by atoms with Crippen LogP contribution in [0.2, 0.25) is 0 Å². The number of carbonyl (C=O) groups excluding carboxylic acids is 1. The van der Waals surface area contributed by atoms with Gasteiger partial charge >= 0.3 is 0 Å². The molecule has 0 aromatic heterocycles. The second-order valence-electron chi connectivity index (χ2n) is 19.5. The van der Waals surface area contributed by atoms with Gasteiger partial charge < -0.3 is 63.3 Å². The van der Waals surface area contributed by atoms with Gasteiger partial charge in [-0.3, -0.25) is 14.6 Å². The molecule has 0 aromatic rings. The van der Waals surface area contributed by atoms with Crippen molar-refractivity contribution in [1.29, 1.82) is 5.26 Å². The van der Waals surface area contributed by atoms with Crippen molar-refractivity contribution in [1.82, 2.24) is 20.0 Å². The van der Waals surface area contributed by atoms with Crippen LogP contribution in [0, 0.1) is 11.3 Å². The Morgan fingerprint density at radius 3 is 1.64 bits per heavy atom. The molecule has 0 bridgehead atoms. The molecule has 58 heavy (non-hydrogen) atoms. The third kappa shape index (κ3) is 8.98. The van der Waals surface area contributed by atoms with E-state index in [2.05, 4.69) is 21.2 Å². The largest absolute Gasteiger partial charge is 0.343 e. The van der Waals surface area contributed by atoms with Gasteiger partial charge in [0.25, 0.3) is 0 Å². The van der Waals surface area contributed by atoms with Crippen molar-refractivity contribution in [3.8, 4) is 6.07 Å². The summed E-state index contributed by atoms with van der Waals surface area (Å²) in [5, 5.41) is 12.6. The summed E-state index contributed by atoms with van der Waals surface area (Å²) in [4.78, 5) is 19.0. The first kappa shape index (κ1) is 43.1. The Bertz CT molecular complexity index is 1530. The van der Waals surface area contributed by atoms with Crippen molar-refractivity contribution >= 4 is 5.91 Å². The van der Waals surface area contributed by atoms with E-state index in [0.717, 1.165) is 64.7 Å². The number of ether oxygens (including phenoxy) is 10. The van der Waals surface area contributed by atoms with E-state index in [4.69, 9.17) is 53.1 Å². The molecule has 1 amide bonds. The van der Waals surface area contributed by atoms with Crippen LogP contribution in [-0.2, 0) is 52.2 Å². The number of hydrogen-bond donors (Lipinski definition) is 2. The molecule has 0 aromatic carbocycles. The topological polar surface area (TPSA) is 181 Å². The van der Waals surface area contributed by atoms with Crippen LogP contribution in [0.3, 0.4) is 0 Å². The molecule has 0 aliphatic carbocycles. The second kappa shape index (κ2) is 15.9. The van der Waals surface area contributed by atoms with E-state index in [1.54, 1.807) is 4.90 Å². The predicted octanol–water partition coefficient (Wildman–Crippen LogP) is 1.76. The molecule has 0 radical (unpaired) electrons. The van der Waals surface area contributed by atoms with Crippen molar-refractivity contribution in [3.63, 3.8) is 0 Å². The van der Waals surface area contributed by atoms with Gasteiger partial charge in [0.05, 0.1) is 38.9 Å². The highest BCUT2D eigenvalue weighted by Crippen LogP contribution is 2.49. The maximum Gasteiger partial charge on any atom is 0.237 e. The first-order valence-electron chi connectivity index (χ1n) is 21.7. The highest BCUT2D eigenvalue weighted by atomic mass is 16.9. The van der Waals surface area contributed by atoms with Crippen molar-refractivity contribution in [2.45, 2.75) is 183 Å².